The largest absolute Gasteiger partial charge is 0.478 e. The monoisotopic (exact) mass is 562 g/mol. The molecule has 5 heterocycles. The lowest BCUT2D eigenvalue weighted by Gasteiger charge is -2.40. The minimum Gasteiger partial charge on any atom is -0.478 e. The molecule has 3 aromatic heterocycles. The predicted octanol–water partition coefficient (Wildman–Crippen LogP) is 4.24. The van der Waals surface area contributed by atoms with E-state index in [4.69, 9.17) is 4.74 Å². The zero-order valence-corrected chi connectivity index (χ0v) is 25.4. The zero-order valence-electron chi connectivity index (χ0n) is 25.4. The first-order valence-corrected chi connectivity index (χ1v) is 15.4. The molecule has 0 saturated carbocycles. The molecule has 0 unspecified atom stereocenters. The molecule has 0 aliphatic carbocycles. The molecule has 0 N–H and O–H groups in total. The van der Waals surface area contributed by atoms with Crippen molar-refractivity contribution in [3.05, 3.63) is 36.4 Å². The highest BCUT2D eigenvalue weighted by Gasteiger charge is 2.32. The number of carbonyl (C=O) groups excluding carboxylic acids is 1. The average molecular weight is 563 g/mol. The topological polar surface area (TPSA) is 92.5 Å². The van der Waals surface area contributed by atoms with Gasteiger partial charge in [0.1, 0.15) is 12.1 Å². The van der Waals surface area contributed by atoms with Gasteiger partial charge in [-0.15, -0.1) is 0 Å². The lowest BCUT2D eigenvalue weighted by atomic mass is 9.91. The average Bonchev–Trinajstić information content (AvgIpc) is 3.39. The summed E-state index contributed by atoms with van der Waals surface area (Å²) in [6.45, 7) is 16.7. The number of anilines is 1. The molecule has 0 spiro atoms. The fourth-order valence-electron chi connectivity index (χ4n) is 6.42. The third kappa shape index (κ3) is 6.80. The van der Waals surface area contributed by atoms with Gasteiger partial charge in [0.15, 0.2) is 5.65 Å². The van der Waals surface area contributed by atoms with Gasteiger partial charge in [0.2, 0.25) is 11.8 Å². The van der Waals surface area contributed by atoms with Crippen LogP contribution in [0.25, 0.3) is 11.0 Å². The number of amides is 1. The first kappa shape index (κ1) is 29.2. The summed E-state index contributed by atoms with van der Waals surface area (Å²) >= 11 is 0. The van der Waals surface area contributed by atoms with Gasteiger partial charge >= 0.3 is 0 Å². The van der Waals surface area contributed by atoms with E-state index in [9.17, 15) is 4.79 Å². The molecule has 41 heavy (non-hydrogen) atoms. The summed E-state index contributed by atoms with van der Waals surface area (Å²) in [4.78, 5) is 34.2. The smallest absolute Gasteiger partial charge is 0.225 e. The number of piperidine rings is 2. The summed E-state index contributed by atoms with van der Waals surface area (Å²) in [7, 11) is 0. The Balaban J connectivity index is 1.16. The second-order valence-corrected chi connectivity index (χ2v) is 12.1. The molecule has 2 aliphatic heterocycles. The number of aromatic nitrogens is 5. The number of hydrogen-bond acceptors (Lipinski definition) is 8. The number of fused-ring (bicyclic) bond motifs is 1. The van der Waals surface area contributed by atoms with Crippen LogP contribution in [-0.4, -0.2) is 91.9 Å². The van der Waals surface area contributed by atoms with Crippen molar-refractivity contribution in [2.24, 2.45) is 11.8 Å². The summed E-state index contributed by atoms with van der Waals surface area (Å²) in [5.41, 5.74) is 1.65. The van der Waals surface area contributed by atoms with E-state index >= 15 is 0 Å². The van der Waals surface area contributed by atoms with E-state index in [1.165, 1.54) is 0 Å². The molecule has 10 heteroatoms. The fourth-order valence-corrected chi connectivity index (χ4v) is 6.42. The molecule has 5 rings (SSSR count). The summed E-state index contributed by atoms with van der Waals surface area (Å²) in [5, 5.41) is 5.54. The Kier molecular flexibility index (Phi) is 9.37. The number of likely N-dealkylation sites (tertiary alicyclic amines) is 1. The van der Waals surface area contributed by atoms with Crippen LogP contribution in [0.4, 0.5) is 5.82 Å². The van der Waals surface area contributed by atoms with Gasteiger partial charge in [-0.05, 0) is 72.3 Å². The van der Waals surface area contributed by atoms with Crippen LogP contribution in [0.15, 0.2) is 30.7 Å². The van der Waals surface area contributed by atoms with Crippen molar-refractivity contribution in [2.45, 2.75) is 78.9 Å². The maximum absolute atomic E-state index is 13.4. The van der Waals surface area contributed by atoms with Crippen molar-refractivity contribution in [2.75, 3.05) is 44.2 Å². The van der Waals surface area contributed by atoms with Gasteiger partial charge < -0.3 is 14.5 Å². The van der Waals surface area contributed by atoms with Gasteiger partial charge in [-0.1, -0.05) is 6.07 Å². The fraction of sp³-hybridized carbons (Fsp3) is 0.645. The Hall–Kier alpha value is -3.27. The van der Waals surface area contributed by atoms with Crippen molar-refractivity contribution in [3.8, 4) is 5.88 Å². The Morgan fingerprint density at radius 3 is 2.44 bits per heavy atom. The number of hydrogen-bond donors (Lipinski definition) is 0. The number of pyridine rings is 1. The molecular weight excluding hydrogens is 516 g/mol. The van der Waals surface area contributed by atoms with Gasteiger partial charge in [0.25, 0.3) is 0 Å². The third-order valence-corrected chi connectivity index (χ3v) is 8.66. The highest BCUT2D eigenvalue weighted by molar-refractivity contribution is 5.87. The van der Waals surface area contributed by atoms with E-state index < -0.39 is 0 Å². The summed E-state index contributed by atoms with van der Waals surface area (Å²) < 4.78 is 7.41. The van der Waals surface area contributed by atoms with Gasteiger partial charge in [-0.2, -0.15) is 5.10 Å². The van der Waals surface area contributed by atoms with Crippen molar-refractivity contribution < 1.29 is 9.53 Å². The second kappa shape index (κ2) is 13.1. The minimum atomic E-state index is 0.0920. The summed E-state index contributed by atoms with van der Waals surface area (Å²) in [5.74, 6) is 2.62. The van der Waals surface area contributed by atoms with Crippen molar-refractivity contribution in [3.63, 3.8) is 0 Å². The number of ether oxygens (including phenoxy) is 1. The second-order valence-electron chi connectivity index (χ2n) is 12.1. The molecular formula is C31H46N8O2. The molecule has 0 atom stereocenters. The Bertz CT molecular complexity index is 1280. The van der Waals surface area contributed by atoms with Gasteiger partial charge in [-0.3, -0.25) is 9.69 Å². The molecule has 10 nitrogen and oxygen atoms in total. The Morgan fingerprint density at radius 1 is 1.02 bits per heavy atom. The van der Waals surface area contributed by atoms with Gasteiger partial charge in [0, 0.05) is 56.8 Å². The molecule has 2 saturated heterocycles. The van der Waals surface area contributed by atoms with E-state index in [1.54, 1.807) is 6.33 Å². The number of rotatable bonds is 10. The van der Waals surface area contributed by atoms with Crippen molar-refractivity contribution in [1.29, 1.82) is 0 Å². The molecule has 0 bridgehead atoms. The van der Waals surface area contributed by atoms with E-state index in [1.807, 2.05) is 36.0 Å². The maximum Gasteiger partial charge on any atom is 0.225 e. The molecule has 0 radical (unpaired) electrons. The van der Waals surface area contributed by atoms with Crippen LogP contribution in [0.5, 0.6) is 5.88 Å². The van der Waals surface area contributed by atoms with E-state index in [-0.39, 0.29) is 5.92 Å². The van der Waals surface area contributed by atoms with Crippen LogP contribution >= 0.6 is 0 Å². The highest BCUT2D eigenvalue weighted by atomic mass is 16.5. The molecule has 222 valence electrons. The summed E-state index contributed by atoms with van der Waals surface area (Å²) in [6, 6.07) is 6.88. The van der Waals surface area contributed by atoms with Crippen LogP contribution < -0.4 is 9.64 Å². The predicted molar refractivity (Wildman–Crippen MR) is 161 cm³/mol. The van der Waals surface area contributed by atoms with Crippen LogP contribution in [0.2, 0.25) is 0 Å². The number of nitrogens with zero attached hydrogens (tertiary/aromatic N) is 8. The Labute approximate surface area is 244 Å². The van der Waals surface area contributed by atoms with E-state index in [2.05, 4.69) is 62.4 Å². The van der Waals surface area contributed by atoms with Gasteiger partial charge in [0.05, 0.1) is 30.4 Å². The normalized spacial score (nSPS) is 17.4. The van der Waals surface area contributed by atoms with Crippen LogP contribution in [0.3, 0.4) is 0 Å². The zero-order chi connectivity index (χ0) is 28.9. The molecule has 3 aromatic rings. The molecule has 0 aromatic carbocycles. The van der Waals surface area contributed by atoms with E-state index in [0.717, 1.165) is 81.0 Å². The van der Waals surface area contributed by atoms with E-state index in [0.29, 0.717) is 42.9 Å². The first-order valence-electron chi connectivity index (χ1n) is 15.4. The minimum absolute atomic E-state index is 0.0920. The highest BCUT2D eigenvalue weighted by Crippen LogP contribution is 2.30. The van der Waals surface area contributed by atoms with Crippen LogP contribution in [-0.2, 0) is 11.3 Å². The first-order chi connectivity index (χ1) is 19.8. The molecule has 1 amide bonds. The van der Waals surface area contributed by atoms with Crippen molar-refractivity contribution in [1.82, 2.24) is 34.5 Å². The van der Waals surface area contributed by atoms with Crippen LogP contribution in [0, 0.1) is 11.8 Å². The lowest BCUT2D eigenvalue weighted by Crippen LogP contribution is -2.48. The summed E-state index contributed by atoms with van der Waals surface area (Å²) in [6.07, 6.45) is 7.37. The Morgan fingerprint density at radius 2 is 1.76 bits per heavy atom. The molecule has 2 fully saturated rings. The van der Waals surface area contributed by atoms with Crippen LogP contribution in [0.1, 0.15) is 66.0 Å². The molecule has 2 aliphatic rings. The van der Waals surface area contributed by atoms with Gasteiger partial charge in [-0.25, -0.2) is 19.6 Å². The SMILES string of the molecule is CCOc1cccc(Cn2ncc3c(N4CCC(C(=O)N5CCC(CN(C(C)C)C(C)C)CC5)CC4)ncnc32)n1. The van der Waals surface area contributed by atoms with Crippen molar-refractivity contribution >= 4 is 22.8 Å². The third-order valence-electron chi connectivity index (χ3n) is 8.66. The maximum atomic E-state index is 13.4. The number of carbonyl (C=O) groups is 1. The standard InChI is InChI=1S/C31H46N8O2/c1-6-41-28-9-7-8-26(35-28)20-39-30-27(18-34-39)29(32-21-33-30)36-16-12-25(13-17-36)31(40)37-14-10-24(11-15-37)19-38(22(2)3)23(4)5/h7-9,18,21-25H,6,10-17,19-20H2,1-5H3. The lowest BCUT2D eigenvalue weighted by molar-refractivity contribution is -0.137. The quantitative estimate of drug-likeness (QED) is 0.362.